The number of nitrogens with zero attached hydrogens (tertiary/aromatic N) is 2. The Hall–Kier alpha value is -1.72. The van der Waals surface area contributed by atoms with E-state index in [9.17, 15) is 8.78 Å². The lowest BCUT2D eigenvalue weighted by molar-refractivity contribution is 0.0804. The summed E-state index contributed by atoms with van der Waals surface area (Å²) in [5.74, 6) is 0.177. The predicted molar refractivity (Wildman–Crippen MR) is 45.4 cm³/mol. The summed E-state index contributed by atoms with van der Waals surface area (Å²) in [6.45, 7) is -0.655. The summed E-state index contributed by atoms with van der Waals surface area (Å²) >= 11 is 0. The zero-order valence-corrected chi connectivity index (χ0v) is 7.08. The van der Waals surface area contributed by atoms with Crippen LogP contribution in [0.25, 0.3) is 11.0 Å². The molecule has 0 saturated heterocycles. The molecular weight excluding hydrogens is 192 g/mol. The van der Waals surface area contributed by atoms with E-state index in [0.717, 1.165) is 0 Å². The first-order valence-electron chi connectivity index (χ1n) is 3.96. The third-order valence-corrected chi connectivity index (χ3v) is 1.66. The molecule has 0 aliphatic carbocycles. The van der Waals surface area contributed by atoms with Gasteiger partial charge in [-0.2, -0.15) is 0 Å². The van der Waals surface area contributed by atoms with Crippen LogP contribution in [0.5, 0.6) is 5.88 Å². The number of hydrogen-bond donors (Lipinski definition) is 1. The van der Waals surface area contributed by atoms with Crippen LogP contribution >= 0.6 is 0 Å². The van der Waals surface area contributed by atoms with Crippen molar-refractivity contribution in [3.63, 3.8) is 0 Å². The minimum absolute atomic E-state index is 0.177. The van der Waals surface area contributed by atoms with E-state index in [4.69, 9.17) is 4.74 Å². The fourth-order valence-corrected chi connectivity index (χ4v) is 1.11. The van der Waals surface area contributed by atoms with Crippen molar-refractivity contribution in [3.8, 4) is 5.88 Å². The molecule has 0 saturated carbocycles. The van der Waals surface area contributed by atoms with E-state index in [1.807, 2.05) is 0 Å². The highest BCUT2D eigenvalue weighted by molar-refractivity contribution is 5.80. The number of aromatic nitrogens is 3. The molecule has 14 heavy (non-hydrogen) atoms. The second-order valence-corrected chi connectivity index (χ2v) is 2.62. The Morgan fingerprint density at radius 3 is 3.07 bits per heavy atom. The number of ether oxygens (including phenoxy) is 1. The van der Waals surface area contributed by atoms with Gasteiger partial charge < -0.3 is 9.72 Å². The zero-order chi connectivity index (χ0) is 9.97. The van der Waals surface area contributed by atoms with Crippen LogP contribution in [0.3, 0.4) is 0 Å². The summed E-state index contributed by atoms with van der Waals surface area (Å²) in [4.78, 5) is 10.5. The van der Waals surface area contributed by atoms with Crippen LogP contribution in [0.4, 0.5) is 8.78 Å². The Balaban J connectivity index is 2.27. The van der Waals surface area contributed by atoms with E-state index in [2.05, 4.69) is 15.0 Å². The highest BCUT2D eigenvalue weighted by atomic mass is 19.3. The predicted octanol–water partition coefficient (Wildman–Crippen LogP) is 1.60. The number of H-pyrrole nitrogens is 1. The molecule has 2 aromatic heterocycles. The van der Waals surface area contributed by atoms with E-state index in [-0.39, 0.29) is 5.88 Å². The molecule has 0 aliphatic heterocycles. The molecule has 0 aromatic carbocycles. The third kappa shape index (κ3) is 1.63. The molecule has 0 atom stereocenters. The maximum absolute atomic E-state index is 11.9. The Morgan fingerprint density at radius 2 is 2.29 bits per heavy atom. The van der Waals surface area contributed by atoms with Gasteiger partial charge in [-0.25, -0.2) is 18.7 Å². The highest BCUT2D eigenvalue weighted by Crippen LogP contribution is 2.19. The first kappa shape index (κ1) is 8.86. The van der Waals surface area contributed by atoms with Crippen molar-refractivity contribution < 1.29 is 13.5 Å². The van der Waals surface area contributed by atoms with Gasteiger partial charge in [0, 0.05) is 6.20 Å². The lowest BCUT2D eigenvalue weighted by atomic mass is 10.4. The van der Waals surface area contributed by atoms with Crippen LogP contribution in [0.1, 0.15) is 0 Å². The summed E-state index contributed by atoms with van der Waals surface area (Å²) in [6.07, 6.45) is 0.410. The third-order valence-electron chi connectivity index (χ3n) is 1.66. The van der Waals surface area contributed by atoms with Crippen molar-refractivity contribution in [2.75, 3.05) is 6.61 Å². The average molecular weight is 199 g/mol. The minimum Gasteiger partial charge on any atom is -0.471 e. The molecule has 0 unspecified atom stereocenters. The molecule has 2 heterocycles. The SMILES string of the molecule is FC(F)COc1ncnc2[nH]ccc12. The van der Waals surface area contributed by atoms with Gasteiger partial charge in [-0.15, -0.1) is 0 Å². The number of aromatic amines is 1. The zero-order valence-electron chi connectivity index (χ0n) is 7.08. The fraction of sp³-hybridized carbons (Fsp3) is 0.250. The Kier molecular flexibility index (Phi) is 2.26. The van der Waals surface area contributed by atoms with Crippen LogP contribution < -0.4 is 4.74 Å². The average Bonchev–Trinajstić information content (AvgIpc) is 2.62. The molecule has 2 rings (SSSR count). The number of halogens is 2. The van der Waals surface area contributed by atoms with E-state index in [1.54, 1.807) is 12.3 Å². The summed E-state index contributed by atoms with van der Waals surface area (Å²) in [6, 6.07) is 1.68. The topological polar surface area (TPSA) is 50.8 Å². The fourth-order valence-electron chi connectivity index (χ4n) is 1.11. The Morgan fingerprint density at radius 1 is 1.43 bits per heavy atom. The molecule has 74 valence electrons. The standard InChI is InChI=1S/C8H7F2N3O/c9-6(10)3-14-8-5-1-2-11-7(5)12-4-13-8/h1-2,4,6H,3H2,(H,11,12,13). The Labute approximate surface area is 77.9 Å². The lowest BCUT2D eigenvalue weighted by Crippen LogP contribution is -2.08. The van der Waals surface area contributed by atoms with Gasteiger partial charge in [-0.1, -0.05) is 0 Å². The molecule has 6 heteroatoms. The monoisotopic (exact) mass is 199 g/mol. The van der Waals surface area contributed by atoms with Crippen LogP contribution in [0, 0.1) is 0 Å². The second-order valence-electron chi connectivity index (χ2n) is 2.62. The number of alkyl halides is 2. The molecule has 0 spiro atoms. The molecule has 0 radical (unpaired) electrons. The van der Waals surface area contributed by atoms with Crippen molar-refractivity contribution in [2.45, 2.75) is 6.43 Å². The van der Waals surface area contributed by atoms with E-state index in [0.29, 0.717) is 11.0 Å². The molecule has 4 nitrogen and oxygen atoms in total. The second kappa shape index (κ2) is 3.57. The summed E-state index contributed by atoms with van der Waals surface area (Å²) < 4.78 is 28.6. The first-order chi connectivity index (χ1) is 6.77. The molecule has 2 aromatic rings. The maximum Gasteiger partial charge on any atom is 0.272 e. The molecule has 0 aliphatic rings. The van der Waals surface area contributed by atoms with Gasteiger partial charge in [-0.3, -0.25) is 0 Å². The normalized spacial score (nSPS) is 11.1. The number of hydrogen-bond acceptors (Lipinski definition) is 3. The first-order valence-corrected chi connectivity index (χ1v) is 3.96. The van der Waals surface area contributed by atoms with E-state index in [1.165, 1.54) is 6.33 Å². The quantitative estimate of drug-likeness (QED) is 0.816. The summed E-state index contributed by atoms with van der Waals surface area (Å²) in [7, 11) is 0. The van der Waals surface area contributed by atoms with Crippen LogP contribution in [-0.4, -0.2) is 28.0 Å². The van der Waals surface area contributed by atoms with Crippen LogP contribution in [0.2, 0.25) is 0 Å². The Bertz CT molecular complexity index is 429. The van der Waals surface area contributed by atoms with Crippen molar-refractivity contribution in [2.24, 2.45) is 0 Å². The molecule has 0 amide bonds. The van der Waals surface area contributed by atoms with Gasteiger partial charge in [0.05, 0.1) is 5.39 Å². The number of nitrogens with one attached hydrogen (secondary N) is 1. The summed E-state index contributed by atoms with van der Waals surface area (Å²) in [5.41, 5.74) is 0.573. The van der Waals surface area contributed by atoms with Gasteiger partial charge in [0.25, 0.3) is 6.43 Å². The van der Waals surface area contributed by atoms with Crippen molar-refractivity contribution in [1.82, 2.24) is 15.0 Å². The van der Waals surface area contributed by atoms with Crippen molar-refractivity contribution in [3.05, 3.63) is 18.6 Å². The van der Waals surface area contributed by atoms with Gasteiger partial charge in [0.15, 0.2) is 6.61 Å². The minimum atomic E-state index is -2.50. The molecular formula is C8H7F2N3O. The van der Waals surface area contributed by atoms with Crippen molar-refractivity contribution >= 4 is 11.0 Å². The van der Waals surface area contributed by atoms with E-state index >= 15 is 0 Å². The number of rotatable bonds is 3. The van der Waals surface area contributed by atoms with Gasteiger partial charge in [0.2, 0.25) is 5.88 Å². The van der Waals surface area contributed by atoms with Gasteiger partial charge in [-0.05, 0) is 6.07 Å². The highest BCUT2D eigenvalue weighted by Gasteiger charge is 2.08. The van der Waals surface area contributed by atoms with Gasteiger partial charge in [0.1, 0.15) is 12.0 Å². The van der Waals surface area contributed by atoms with Crippen LogP contribution in [-0.2, 0) is 0 Å². The summed E-state index contributed by atoms with van der Waals surface area (Å²) in [5, 5.41) is 0.605. The van der Waals surface area contributed by atoms with Crippen molar-refractivity contribution in [1.29, 1.82) is 0 Å². The number of fused-ring (bicyclic) bond motifs is 1. The lowest BCUT2D eigenvalue weighted by Gasteiger charge is -2.03. The van der Waals surface area contributed by atoms with Gasteiger partial charge >= 0.3 is 0 Å². The van der Waals surface area contributed by atoms with Crippen LogP contribution in [0.15, 0.2) is 18.6 Å². The maximum atomic E-state index is 11.9. The molecule has 1 N–H and O–H groups in total. The van der Waals surface area contributed by atoms with E-state index < -0.39 is 13.0 Å². The smallest absolute Gasteiger partial charge is 0.272 e. The molecule has 0 bridgehead atoms. The largest absolute Gasteiger partial charge is 0.471 e. The molecule has 0 fully saturated rings.